The summed E-state index contributed by atoms with van der Waals surface area (Å²) < 4.78 is 6.82. The van der Waals surface area contributed by atoms with Crippen LogP contribution in [0.1, 0.15) is 11.7 Å². The van der Waals surface area contributed by atoms with Crippen LogP contribution in [0.3, 0.4) is 0 Å². The number of rotatable bonds is 3. The quantitative estimate of drug-likeness (QED) is 0.860. The Kier molecular flexibility index (Phi) is 4.34. The van der Waals surface area contributed by atoms with Crippen molar-refractivity contribution in [1.29, 1.82) is 0 Å². The minimum atomic E-state index is -0.759. The molecule has 0 saturated heterocycles. The number of benzene rings is 1. The summed E-state index contributed by atoms with van der Waals surface area (Å²) in [6.45, 7) is 1.60. The molecule has 0 amide bonds. The average molecular weight is 320 g/mol. The van der Waals surface area contributed by atoms with Crippen molar-refractivity contribution in [3.8, 4) is 5.75 Å². The lowest BCUT2D eigenvalue weighted by atomic mass is 10.3. The Hall–Kier alpha value is -1.23. The van der Waals surface area contributed by atoms with Gasteiger partial charge in [0.25, 0.3) is 5.91 Å². The van der Waals surface area contributed by atoms with E-state index in [4.69, 9.17) is 39.5 Å². The SMILES string of the molecule is CC(Oc1c(Cl)cc(Cl)cc1Cl)C(=O)n1ccnc1. The molecule has 0 radical (unpaired) electrons. The molecule has 0 saturated carbocycles. The van der Waals surface area contributed by atoms with Crippen LogP contribution in [0.4, 0.5) is 0 Å². The number of hydrogen-bond acceptors (Lipinski definition) is 3. The van der Waals surface area contributed by atoms with E-state index in [-0.39, 0.29) is 21.7 Å². The number of imidazole rings is 1. The van der Waals surface area contributed by atoms with Gasteiger partial charge in [0, 0.05) is 17.4 Å². The van der Waals surface area contributed by atoms with Gasteiger partial charge in [0.2, 0.25) is 0 Å². The minimum Gasteiger partial charge on any atom is -0.478 e. The third kappa shape index (κ3) is 3.21. The molecule has 0 aliphatic carbocycles. The first kappa shape index (κ1) is 14.2. The summed E-state index contributed by atoms with van der Waals surface area (Å²) in [5.74, 6) is -0.0479. The van der Waals surface area contributed by atoms with Crippen molar-refractivity contribution in [2.75, 3.05) is 0 Å². The molecular weight excluding hydrogens is 311 g/mol. The van der Waals surface area contributed by atoms with E-state index in [1.807, 2.05) is 0 Å². The van der Waals surface area contributed by atoms with E-state index < -0.39 is 6.10 Å². The lowest BCUT2D eigenvalue weighted by Crippen LogP contribution is -2.28. The number of hydrogen-bond donors (Lipinski definition) is 0. The van der Waals surface area contributed by atoms with Crippen LogP contribution in [0.25, 0.3) is 0 Å². The number of halogens is 3. The predicted molar refractivity (Wildman–Crippen MR) is 74.4 cm³/mol. The molecule has 0 spiro atoms. The summed E-state index contributed by atoms with van der Waals surface area (Å²) >= 11 is 17.8. The summed E-state index contributed by atoms with van der Waals surface area (Å²) in [7, 11) is 0. The molecule has 0 aliphatic heterocycles. The van der Waals surface area contributed by atoms with Crippen LogP contribution in [0, 0.1) is 0 Å². The third-order valence-corrected chi connectivity index (χ3v) is 3.14. The van der Waals surface area contributed by atoms with Gasteiger partial charge in [-0.05, 0) is 19.1 Å². The largest absolute Gasteiger partial charge is 0.478 e. The lowest BCUT2D eigenvalue weighted by Gasteiger charge is -2.16. The molecule has 1 unspecified atom stereocenters. The summed E-state index contributed by atoms with van der Waals surface area (Å²) in [5.41, 5.74) is 0. The zero-order valence-electron chi connectivity index (χ0n) is 9.81. The highest BCUT2D eigenvalue weighted by Crippen LogP contribution is 2.36. The summed E-state index contributed by atoms with van der Waals surface area (Å²) in [6.07, 6.45) is 3.68. The highest BCUT2D eigenvalue weighted by molar-refractivity contribution is 6.40. The molecule has 4 nitrogen and oxygen atoms in total. The third-order valence-electron chi connectivity index (χ3n) is 2.36. The van der Waals surface area contributed by atoms with E-state index in [0.717, 1.165) is 0 Å². The van der Waals surface area contributed by atoms with Gasteiger partial charge in [-0.15, -0.1) is 0 Å². The van der Waals surface area contributed by atoms with Crippen molar-refractivity contribution >= 4 is 40.7 Å². The van der Waals surface area contributed by atoms with Gasteiger partial charge < -0.3 is 4.74 Å². The molecule has 100 valence electrons. The van der Waals surface area contributed by atoms with Crippen LogP contribution >= 0.6 is 34.8 Å². The second kappa shape index (κ2) is 5.82. The van der Waals surface area contributed by atoms with Gasteiger partial charge in [-0.25, -0.2) is 4.98 Å². The molecule has 19 heavy (non-hydrogen) atoms. The first-order valence-electron chi connectivity index (χ1n) is 5.32. The second-order valence-electron chi connectivity index (χ2n) is 3.77. The normalized spacial score (nSPS) is 12.2. The number of aromatic nitrogens is 2. The van der Waals surface area contributed by atoms with E-state index in [0.29, 0.717) is 5.02 Å². The molecule has 1 aromatic carbocycles. The maximum Gasteiger partial charge on any atom is 0.272 e. The summed E-state index contributed by atoms with van der Waals surface area (Å²) in [4.78, 5) is 15.8. The van der Waals surface area contributed by atoms with Gasteiger partial charge in [0.1, 0.15) is 6.33 Å². The Morgan fingerprint density at radius 3 is 2.47 bits per heavy atom. The number of carbonyl (C=O) groups excluding carboxylic acids is 1. The monoisotopic (exact) mass is 318 g/mol. The van der Waals surface area contributed by atoms with Crippen molar-refractivity contribution < 1.29 is 9.53 Å². The Labute approximate surface area is 124 Å². The Morgan fingerprint density at radius 1 is 1.32 bits per heavy atom. The molecule has 0 bridgehead atoms. The van der Waals surface area contributed by atoms with Crippen LogP contribution < -0.4 is 4.74 Å². The molecule has 0 N–H and O–H groups in total. The van der Waals surface area contributed by atoms with Crippen LogP contribution in [0.5, 0.6) is 5.75 Å². The van der Waals surface area contributed by atoms with E-state index in [9.17, 15) is 4.79 Å². The molecule has 2 rings (SSSR count). The van der Waals surface area contributed by atoms with Crippen molar-refractivity contribution in [2.45, 2.75) is 13.0 Å². The zero-order chi connectivity index (χ0) is 14.0. The molecule has 1 aromatic heterocycles. The number of ether oxygens (including phenoxy) is 1. The molecule has 1 atom stereocenters. The molecular formula is C12H9Cl3N2O2. The Morgan fingerprint density at radius 2 is 1.95 bits per heavy atom. The fourth-order valence-electron chi connectivity index (χ4n) is 1.47. The summed E-state index contributed by atoms with van der Waals surface area (Å²) in [5, 5.41) is 0.904. The van der Waals surface area contributed by atoms with Gasteiger partial charge in [-0.3, -0.25) is 9.36 Å². The molecule has 1 heterocycles. The standard InChI is InChI=1S/C12H9Cl3N2O2/c1-7(12(18)17-3-2-16-6-17)19-11-9(14)4-8(13)5-10(11)15/h2-7H,1H3. The van der Waals surface area contributed by atoms with E-state index >= 15 is 0 Å². The van der Waals surface area contributed by atoms with Crippen molar-refractivity contribution in [3.63, 3.8) is 0 Å². The van der Waals surface area contributed by atoms with Gasteiger partial charge in [0.05, 0.1) is 10.0 Å². The van der Waals surface area contributed by atoms with E-state index in [1.165, 1.54) is 35.4 Å². The highest BCUT2D eigenvalue weighted by Gasteiger charge is 2.19. The van der Waals surface area contributed by atoms with E-state index in [2.05, 4.69) is 4.98 Å². The number of nitrogens with zero attached hydrogens (tertiary/aromatic N) is 2. The Balaban J connectivity index is 2.20. The van der Waals surface area contributed by atoms with Gasteiger partial charge in [-0.2, -0.15) is 0 Å². The molecule has 2 aromatic rings. The first-order chi connectivity index (χ1) is 8.99. The van der Waals surface area contributed by atoms with Crippen LogP contribution in [-0.2, 0) is 0 Å². The summed E-state index contributed by atoms with van der Waals surface area (Å²) in [6, 6.07) is 3.00. The molecule has 0 aliphatic rings. The molecule has 0 fully saturated rings. The lowest BCUT2D eigenvalue weighted by molar-refractivity contribution is 0.0728. The second-order valence-corrected chi connectivity index (χ2v) is 5.02. The van der Waals surface area contributed by atoms with Crippen LogP contribution in [-0.4, -0.2) is 21.6 Å². The van der Waals surface area contributed by atoms with Crippen molar-refractivity contribution in [1.82, 2.24) is 9.55 Å². The maximum atomic E-state index is 12.0. The average Bonchev–Trinajstić information content (AvgIpc) is 2.86. The van der Waals surface area contributed by atoms with Crippen LogP contribution in [0.2, 0.25) is 15.1 Å². The highest BCUT2D eigenvalue weighted by atomic mass is 35.5. The number of carbonyl (C=O) groups is 1. The van der Waals surface area contributed by atoms with Gasteiger partial charge in [-0.1, -0.05) is 34.8 Å². The minimum absolute atomic E-state index is 0.230. The fraction of sp³-hybridized carbons (Fsp3) is 0.167. The van der Waals surface area contributed by atoms with E-state index in [1.54, 1.807) is 6.92 Å². The topological polar surface area (TPSA) is 44.1 Å². The zero-order valence-corrected chi connectivity index (χ0v) is 12.1. The smallest absolute Gasteiger partial charge is 0.272 e. The predicted octanol–water partition coefficient (Wildman–Crippen LogP) is 3.95. The van der Waals surface area contributed by atoms with Crippen LogP contribution in [0.15, 0.2) is 30.9 Å². The first-order valence-corrected chi connectivity index (χ1v) is 6.46. The fourth-order valence-corrected chi connectivity index (χ4v) is 2.37. The van der Waals surface area contributed by atoms with Crippen molar-refractivity contribution in [2.24, 2.45) is 0 Å². The Bertz CT molecular complexity index is 576. The van der Waals surface area contributed by atoms with Gasteiger partial charge >= 0.3 is 0 Å². The maximum absolute atomic E-state index is 12.0. The van der Waals surface area contributed by atoms with Crippen molar-refractivity contribution in [3.05, 3.63) is 45.9 Å². The van der Waals surface area contributed by atoms with Gasteiger partial charge in [0.15, 0.2) is 11.9 Å². The molecule has 7 heteroatoms.